The van der Waals surface area contributed by atoms with Crippen LogP contribution in [0, 0.1) is 0 Å². The molecule has 0 unspecified atom stereocenters. The van der Waals surface area contributed by atoms with Crippen LogP contribution in [0.3, 0.4) is 0 Å². The smallest absolute Gasteiger partial charge is 0.177 e. The number of likely N-dealkylation sites (tertiary alicyclic amines) is 1. The average Bonchev–Trinajstić information content (AvgIpc) is 3.35. The Morgan fingerprint density at radius 3 is 2.30 bits per heavy atom. The Morgan fingerprint density at radius 1 is 0.909 bits per heavy atom. The van der Waals surface area contributed by atoms with Crippen molar-refractivity contribution in [3.05, 3.63) is 90.3 Å². The summed E-state index contributed by atoms with van der Waals surface area (Å²) < 4.78 is 8.40. The largest absolute Gasteiger partial charge is 0.365 e. The molecule has 1 fully saturated rings. The van der Waals surface area contributed by atoms with Crippen LogP contribution in [0.15, 0.2) is 84.1 Å². The summed E-state index contributed by atoms with van der Waals surface area (Å²) in [5.74, 6) is 1.06. The summed E-state index contributed by atoms with van der Waals surface area (Å²) in [7, 11) is 0. The van der Waals surface area contributed by atoms with Gasteiger partial charge in [0.15, 0.2) is 5.65 Å². The molecule has 0 bridgehead atoms. The number of nitrogens with zero attached hydrogens (tertiary/aromatic N) is 5. The molecular formula is C26H29N5OS. The first kappa shape index (κ1) is 22.1. The van der Waals surface area contributed by atoms with Gasteiger partial charge in [-0.2, -0.15) is 9.61 Å². The van der Waals surface area contributed by atoms with Gasteiger partial charge in [0.05, 0.1) is 6.10 Å². The minimum atomic E-state index is -0.00381. The molecule has 0 atom stereocenters. The third-order valence-corrected chi connectivity index (χ3v) is 7.08. The SMILES string of the molecule is c1ccc(C(OC2CCN(CCCSc3ccc4nncn4n3)CC2)c2ccccc2)cc1. The molecule has 0 amide bonds. The summed E-state index contributed by atoms with van der Waals surface area (Å²) in [4.78, 5) is 2.57. The number of benzene rings is 2. The summed E-state index contributed by atoms with van der Waals surface area (Å²) >= 11 is 1.79. The molecule has 0 spiro atoms. The molecule has 2 aromatic heterocycles. The highest BCUT2D eigenvalue weighted by atomic mass is 32.2. The van der Waals surface area contributed by atoms with Crippen molar-refractivity contribution < 1.29 is 4.74 Å². The van der Waals surface area contributed by atoms with Crippen LogP contribution in [0.4, 0.5) is 0 Å². The van der Waals surface area contributed by atoms with Crippen LogP contribution in [0.1, 0.15) is 36.5 Å². The van der Waals surface area contributed by atoms with Gasteiger partial charge in [-0.15, -0.1) is 22.0 Å². The van der Waals surface area contributed by atoms with Crippen LogP contribution in [-0.2, 0) is 4.74 Å². The highest BCUT2D eigenvalue weighted by Crippen LogP contribution is 2.30. The maximum Gasteiger partial charge on any atom is 0.177 e. The number of thioether (sulfide) groups is 1. The number of aromatic nitrogens is 4. The van der Waals surface area contributed by atoms with E-state index in [1.165, 1.54) is 11.1 Å². The Kier molecular flexibility index (Phi) is 7.30. The number of piperidine rings is 1. The van der Waals surface area contributed by atoms with Crippen LogP contribution in [0.2, 0.25) is 0 Å². The third kappa shape index (κ3) is 5.79. The van der Waals surface area contributed by atoms with Gasteiger partial charge < -0.3 is 9.64 Å². The molecule has 1 aliphatic heterocycles. The van der Waals surface area contributed by atoms with Crippen molar-refractivity contribution in [3.63, 3.8) is 0 Å². The zero-order valence-electron chi connectivity index (χ0n) is 18.7. The van der Waals surface area contributed by atoms with Crippen LogP contribution < -0.4 is 0 Å². The van der Waals surface area contributed by atoms with Crippen molar-refractivity contribution in [2.75, 3.05) is 25.4 Å². The normalized spacial score (nSPS) is 15.4. The van der Waals surface area contributed by atoms with E-state index in [-0.39, 0.29) is 6.10 Å². The number of fused-ring (bicyclic) bond motifs is 1. The lowest BCUT2D eigenvalue weighted by molar-refractivity contribution is -0.0268. The Balaban J connectivity index is 1.08. The standard InChI is InChI=1S/C26H29N5OS/c1-3-8-21(9-4-1)26(22-10-5-2-6-11-22)32-23-14-17-30(18-15-23)16-7-19-33-25-13-12-24-28-27-20-31(24)29-25/h1-6,8-13,20,23,26H,7,14-19H2. The second-order valence-corrected chi connectivity index (χ2v) is 9.50. The van der Waals surface area contributed by atoms with E-state index in [1.807, 2.05) is 12.1 Å². The molecule has 0 aliphatic carbocycles. The van der Waals surface area contributed by atoms with E-state index in [1.54, 1.807) is 22.6 Å². The van der Waals surface area contributed by atoms with Gasteiger partial charge in [-0.1, -0.05) is 60.7 Å². The molecule has 4 aromatic rings. The molecular weight excluding hydrogens is 430 g/mol. The fourth-order valence-electron chi connectivity index (χ4n) is 4.32. The summed E-state index contributed by atoms with van der Waals surface area (Å²) in [6.45, 7) is 3.31. The highest BCUT2D eigenvalue weighted by Gasteiger charge is 2.24. The predicted octanol–water partition coefficient (Wildman–Crippen LogP) is 4.88. The quantitative estimate of drug-likeness (QED) is 0.263. The van der Waals surface area contributed by atoms with E-state index < -0.39 is 0 Å². The molecule has 3 heterocycles. The number of rotatable bonds is 9. The first-order valence-corrected chi connectivity index (χ1v) is 12.6. The van der Waals surface area contributed by atoms with E-state index in [9.17, 15) is 0 Å². The van der Waals surface area contributed by atoms with Gasteiger partial charge in [0, 0.05) is 18.8 Å². The minimum Gasteiger partial charge on any atom is -0.365 e. The fraction of sp³-hybridized carbons (Fsp3) is 0.346. The van der Waals surface area contributed by atoms with Crippen molar-refractivity contribution in [2.45, 2.75) is 36.5 Å². The Labute approximate surface area is 199 Å². The van der Waals surface area contributed by atoms with Crippen molar-refractivity contribution in [1.82, 2.24) is 24.7 Å². The Hall–Kier alpha value is -2.74. The maximum absolute atomic E-state index is 6.67. The van der Waals surface area contributed by atoms with Gasteiger partial charge in [0.25, 0.3) is 0 Å². The molecule has 0 N–H and O–H groups in total. The van der Waals surface area contributed by atoms with Gasteiger partial charge in [-0.3, -0.25) is 0 Å². The van der Waals surface area contributed by atoms with E-state index in [0.29, 0.717) is 6.10 Å². The number of hydrogen-bond donors (Lipinski definition) is 0. The second kappa shape index (κ2) is 10.9. The van der Waals surface area contributed by atoms with Crippen molar-refractivity contribution in [2.24, 2.45) is 0 Å². The maximum atomic E-state index is 6.67. The summed E-state index contributed by atoms with van der Waals surface area (Å²) in [5, 5.41) is 13.4. The van der Waals surface area contributed by atoms with Crippen molar-refractivity contribution in [1.29, 1.82) is 0 Å². The molecule has 2 aromatic carbocycles. The topological polar surface area (TPSA) is 55.5 Å². The zero-order chi connectivity index (χ0) is 22.3. The van der Waals surface area contributed by atoms with E-state index in [4.69, 9.17) is 4.74 Å². The highest BCUT2D eigenvalue weighted by molar-refractivity contribution is 7.99. The van der Waals surface area contributed by atoms with Gasteiger partial charge in [0.2, 0.25) is 0 Å². The van der Waals surface area contributed by atoms with Crippen LogP contribution in [-0.4, -0.2) is 56.2 Å². The fourth-order valence-corrected chi connectivity index (χ4v) is 5.11. The summed E-state index contributed by atoms with van der Waals surface area (Å²) in [6.07, 6.45) is 5.24. The van der Waals surface area contributed by atoms with Crippen molar-refractivity contribution >= 4 is 17.4 Å². The summed E-state index contributed by atoms with van der Waals surface area (Å²) in [5.41, 5.74) is 3.23. The van der Waals surface area contributed by atoms with Crippen LogP contribution >= 0.6 is 11.8 Å². The van der Waals surface area contributed by atoms with Gasteiger partial charge in [-0.25, -0.2) is 0 Å². The van der Waals surface area contributed by atoms with Crippen molar-refractivity contribution in [3.8, 4) is 0 Å². The first-order chi connectivity index (χ1) is 16.3. The van der Waals surface area contributed by atoms with E-state index in [0.717, 1.165) is 55.3 Å². The Bertz CT molecular complexity index is 1090. The molecule has 0 saturated carbocycles. The van der Waals surface area contributed by atoms with Crippen LogP contribution in [0.5, 0.6) is 0 Å². The molecule has 1 saturated heterocycles. The van der Waals surface area contributed by atoms with Gasteiger partial charge >= 0.3 is 0 Å². The van der Waals surface area contributed by atoms with Crippen LogP contribution in [0.25, 0.3) is 5.65 Å². The predicted molar refractivity (Wildman–Crippen MR) is 131 cm³/mol. The molecule has 7 heteroatoms. The minimum absolute atomic E-state index is 0.00381. The van der Waals surface area contributed by atoms with Gasteiger partial charge in [-0.05, 0) is 49.1 Å². The molecule has 1 aliphatic rings. The molecule has 0 radical (unpaired) electrons. The molecule has 6 nitrogen and oxygen atoms in total. The number of hydrogen-bond acceptors (Lipinski definition) is 6. The lowest BCUT2D eigenvalue weighted by Gasteiger charge is -2.34. The summed E-state index contributed by atoms with van der Waals surface area (Å²) in [6, 6.07) is 25.1. The molecule has 170 valence electrons. The molecule has 5 rings (SSSR count). The Morgan fingerprint density at radius 2 is 1.61 bits per heavy atom. The zero-order valence-corrected chi connectivity index (χ0v) is 19.5. The number of ether oxygens (including phenoxy) is 1. The molecule has 33 heavy (non-hydrogen) atoms. The van der Waals surface area contributed by atoms with Gasteiger partial charge in [0.1, 0.15) is 17.5 Å². The first-order valence-electron chi connectivity index (χ1n) is 11.6. The van der Waals surface area contributed by atoms with E-state index >= 15 is 0 Å². The average molecular weight is 460 g/mol. The second-order valence-electron chi connectivity index (χ2n) is 8.39. The lowest BCUT2D eigenvalue weighted by Crippen LogP contribution is -2.38. The lowest BCUT2D eigenvalue weighted by atomic mass is 10.00. The third-order valence-electron chi connectivity index (χ3n) is 6.07. The van der Waals surface area contributed by atoms with E-state index in [2.05, 4.69) is 80.9 Å². The monoisotopic (exact) mass is 459 g/mol.